The molecule has 2 aromatic carbocycles. The van der Waals surface area contributed by atoms with E-state index in [2.05, 4.69) is 35.2 Å². The molecule has 152 valence electrons. The van der Waals surface area contributed by atoms with Crippen LogP contribution in [0.2, 0.25) is 0 Å². The molecule has 8 heteroatoms. The average Bonchev–Trinajstić information content (AvgIpc) is 3.00. The molecule has 2 aromatic rings. The number of hydrogen-bond acceptors (Lipinski definition) is 6. The van der Waals surface area contributed by atoms with Crippen LogP contribution in [0, 0.1) is 14.9 Å². The Hall–Kier alpha value is -2.35. The van der Waals surface area contributed by atoms with Crippen molar-refractivity contribution in [2.75, 3.05) is 13.7 Å². The molecule has 0 saturated carbocycles. The van der Waals surface area contributed by atoms with Crippen molar-refractivity contribution in [2.45, 2.75) is 6.61 Å². The summed E-state index contributed by atoms with van der Waals surface area (Å²) >= 11 is 8.72. The Morgan fingerprint density at radius 2 is 2.13 bits per heavy atom. The van der Waals surface area contributed by atoms with Crippen molar-refractivity contribution in [2.24, 2.45) is 0 Å². The third-order valence-electron chi connectivity index (χ3n) is 4.24. The van der Waals surface area contributed by atoms with E-state index in [0.29, 0.717) is 32.8 Å². The Kier molecular flexibility index (Phi) is 7.53. The number of halogens is 1. The van der Waals surface area contributed by atoms with Crippen molar-refractivity contribution in [3.05, 3.63) is 74.2 Å². The van der Waals surface area contributed by atoms with Gasteiger partial charge >= 0.3 is 0 Å². The lowest BCUT2D eigenvalue weighted by Gasteiger charge is -2.14. The molecule has 1 heterocycles. The lowest BCUT2D eigenvalue weighted by atomic mass is 10.1. The summed E-state index contributed by atoms with van der Waals surface area (Å²) in [5.74, 6) is 0.999. The number of hydrogen-bond donors (Lipinski definition) is 0. The minimum atomic E-state index is -0.132. The number of methoxy groups -OCH3 is 1. The second kappa shape index (κ2) is 10.1. The number of nitrogens with zero attached hydrogens (tertiary/aromatic N) is 2. The molecule has 0 N–H and O–H groups in total. The molecule has 1 amide bonds. The highest BCUT2D eigenvalue weighted by Crippen LogP contribution is 2.37. The molecule has 0 unspecified atom stereocenters. The molecule has 0 bridgehead atoms. The smallest absolute Gasteiger partial charge is 0.266 e. The van der Waals surface area contributed by atoms with E-state index in [0.717, 1.165) is 14.7 Å². The summed E-state index contributed by atoms with van der Waals surface area (Å²) in [6.07, 6.45) is 3.44. The van der Waals surface area contributed by atoms with Gasteiger partial charge in [-0.05, 0) is 52.4 Å². The van der Waals surface area contributed by atoms with Crippen LogP contribution in [0.5, 0.6) is 11.5 Å². The maximum absolute atomic E-state index is 12.6. The van der Waals surface area contributed by atoms with Gasteiger partial charge in [0, 0.05) is 12.1 Å². The van der Waals surface area contributed by atoms with Crippen molar-refractivity contribution in [1.82, 2.24) is 4.90 Å². The average molecular weight is 548 g/mol. The highest BCUT2D eigenvalue weighted by atomic mass is 127. The number of ether oxygens (including phenoxy) is 2. The van der Waals surface area contributed by atoms with Crippen molar-refractivity contribution in [3.8, 4) is 17.6 Å². The van der Waals surface area contributed by atoms with Crippen LogP contribution in [0.1, 0.15) is 16.7 Å². The zero-order valence-corrected chi connectivity index (χ0v) is 19.8. The topological polar surface area (TPSA) is 62.6 Å². The SMILES string of the molecule is C=CCN1C(=O)/C(=C/c2cc(I)c(OCc3ccccc3C#N)c(OC)c2)SC1=S. The highest BCUT2D eigenvalue weighted by molar-refractivity contribution is 14.1. The summed E-state index contributed by atoms with van der Waals surface area (Å²) in [7, 11) is 1.56. The van der Waals surface area contributed by atoms with E-state index in [1.807, 2.05) is 30.3 Å². The zero-order valence-electron chi connectivity index (χ0n) is 16.1. The Labute approximate surface area is 198 Å². The van der Waals surface area contributed by atoms with Crippen LogP contribution in [0.15, 0.2) is 54.0 Å². The zero-order chi connectivity index (χ0) is 21.7. The molecule has 0 aliphatic carbocycles. The first-order valence-electron chi connectivity index (χ1n) is 8.83. The lowest BCUT2D eigenvalue weighted by Crippen LogP contribution is -2.27. The van der Waals surface area contributed by atoms with E-state index in [1.54, 1.807) is 25.3 Å². The fraction of sp³-hybridized carbons (Fsp3) is 0.136. The normalized spacial score (nSPS) is 14.7. The van der Waals surface area contributed by atoms with Gasteiger partial charge < -0.3 is 9.47 Å². The first kappa shape index (κ1) is 22.3. The van der Waals surface area contributed by atoms with Gasteiger partial charge in [0.1, 0.15) is 10.9 Å². The summed E-state index contributed by atoms with van der Waals surface area (Å²) in [4.78, 5) is 14.6. The Balaban J connectivity index is 1.86. The van der Waals surface area contributed by atoms with Crippen LogP contribution in [-0.4, -0.2) is 28.8 Å². The summed E-state index contributed by atoms with van der Waals surface area (Å²) in [5, 5.41) is 9.25. The number of carbonyl (C=O) groups excluding carboxylic acids is 1. The van der Waals surface area contributed by atoms with Gasteiger partial charge in [-0.25, -0.2) is 0 Å². The lowest BCUT2D eigenvalue weighted by molar-refractivity contribution is -0.121. The monoisotopic (exact) mass is 548 g/mol. The molecule has 0 aromatic heterocycles. The van der Waals surface area contributed by atoms with Gasteiger partial charge in [-0.2, -0.15) is 5.26 Å². The van der Waals surface area contributed by atoms with Crippen LogP contribution in [0.4, 0.5) is 0 Å². The van der Waals surface area contributed by atoms with Crippen molar-refractivity contribution >= 4 is 62.9 Å². The summed E-state index contributed by atoms with van der Waals surface area (Å²) in [6, 6.07) is 13.2. The number of thioether (sulfide) groups is 1. The molecule has 1 saturated heterocycles. The number of nitriles is 1. The van der Waals surface area contributed by atoms with E-state index >= 15 is 0 Å². The van der Waals surface area contributed by atoms with E-state index in [1.165, 1.54) is 16.7 Å². The van der Waals surface area contributed by atoms with Crippen molar-refractivity contribution in [1.29, 1.82) is 5.26 Å². The van der Waals surface area contributed by atoms with Crippen LogP contribution in [0.3, 0.4) is 0 Å². The minimum Gasteiger partial charge on any atom is -0.493 e. The predicted molar refractivity (Wildman–Crippen MR) is 131 cm³/mol. The van der Waals surface area contributed by atoms with Crippen molar-refractivity contribution in [3.63, 3.8) is 0 Å². The fourth-order valence-corrected chi connectivity index (χ4v) is 4.86. The van der Waals surface area contributed by atoms with E-state index < -0.39 is 0 Å². The summed E-state index contributed by atoms with van der Waals surface area (Å²) in [5.41, 5.74) is 2.18. The van der Waals surface area contributed by atoms with Gasteiger partial charge in [0.05, 0.1) is 27.2 Å². The Morgan fingerprint density at radius 1 is 1.37 bits per heavy atom. The van der Waals surface area contributed by atoms with Crippen LogP contribution in [0.25, 0.3) is 6.08 Å². The Bertz CT molecular complexity index is 1090. The second-order valence-electron chi connectivity index (χ2n) is 6.17. The number of benzene rings is 2. The van der Waals surface area contributed by atoms with Crippen LogP contribution in [-0.2, 0) is 11.4 Å². The largest absolute Gasteiger partial charge is 0.493 e. The number of thiocarbonyl (C=S) groups is 1. The maximum atomic E-state index is 12.6. The van der Waals surface area contributed by atoms with Gasteiger partial charge in [-0.15, -0.1) is 6.58 Å². The standard InChI is InChI=1S/C22H17IN2O3S2/c1-3-8-25-21(26)19(30-22(25)29)11-14-9-17(23)20(18(10-14)27-2)28-13-16-7-5-4-6-15(16)12-24/h3-7,9-11H,1,8,13H2,2H3/b19-11-. The molecule has 3 rings (SSSR count). The quantitative estimate of drug-likeness (QED) is 0.207. The van der Waals surface area contributed by atoms with Crippen LogP contribution >= 0.6 is 46.6 Å². The fourth-order valence-electron chi connectivity index (χ4n) is 2.81. The second-order valence-corrected chi connectivity index (χ2v) is 9.01. The van der Waals surface area contributed by atoms with Gasteiger partial charge in [0.2, 0.25) is 0 Å². The van der Waals surface area contributed by atoms with E-state index in [9.17, 15) is 10.1 Å². The molecule has 0 atom stereocenters. The molecule has 0 radical (unpaired) electrons. The molecule has 1 fully saturated rings. The predicted octanol–water partition coefficient (Wildman–Crippen LogP) is 5.14. The number of carbonyl (C=O) groups is 1. The Morgan fingerprint density at radius 3 is 2.83 bits per heavy atom. The molecule has 5 nitrogen and oxygen atoms in total. The van der Waals surface area contributed by atoms with Crippen LogP contribution < -0.4 is 9.47 Å². The van der Waals surface area contributed by atoms with E-state index in [4.69, 9.17) is 21.7 Å². The molecular formula is C22H17IN2O3S2. The summed E-state index contributed by atoms with van der Waals surface area (Å²) in [6.45, 7) is 4.30. The van der Waals surface area contributed by atoms with Crippen molar-refractivity contribution < 1.29 is 14.3 Å². The van der Waals surface area contributed by atoms with Gasteiger partial charge in [-0.1, -0.05) is 48.3 Å². The van der Waals surface area contributed by atoms with Gasteiger partial charge in [0.25, 0.3) is 5.91 Å². The first-order chi connectivity index (χ1) is 14.5. The molecule has 30 heavy (non-hydrogen) atoms. The molecule has 1 aliphatic heterocycles. The minimum absolute atomic E-state index is 0.132. The third-order valence-corrected chi connectivity index (χ3v) is 6.42. The molecule has 0 spiro atoms. The summed E-state index contributed by atoms with van der Waals surface area (Å²) < 4.78 is 12.8. The first-order valence-corrected chi connectivity index (χ1v) is 11.1. The number of amides is 1. The maximum Gasteiger partial charge on any atom is 0.266 e. The van der Waals surface area contributed by atoms with E-state index in [-0.39, 0.29) is 12.5 Å². The third kappa shape index (κ3) is 4.86. The van der Waals surface area contributed by atoms with Gasteiger partial charge in [0.15, 0.2) is 11.5 Å². The molecular weight excluding hydrogens is 531 g/mol. The highest BCUT2D eigenvalue weighted by Gasteiger charge is 2.31. The van der Waals surface area contributed by atoms with Gasteiger partial charge in [-0.3, -0.25) is 9.69 Å². The number of rotatable bonds is 7. The molecule has 1 aliphatic rings.